The fraction of sp³-hybridized carbons (Fsp3) is 1.00. The minimum absolute atomic E-state index is 0.325. The zero-order valence-electron chi connectivity index (χ0n) is 25.2. The lowest BCUT2D eigenvalue weighted by Crippen LogP contribution is -2.60. The van der Waals surface area contributed by atoms with Crippen LogP contribution in [0.1, 0.15) is 144 Å². The maximum atomic E-state index is 11.4. The highest BCUT2D eigenvalue weighted by atomic mass is 16.4. The summed E-state index contributed by atoms with van der Waals surface area (Å²) in [5.41, 5.74) is -1.55. The highest BCUT2D eigenvalue weighted by Crippen LogP contribution is 2.69. The van der Waals surface area contributed by atoms with Crippen molar-refractivity contribution in [2.24, 2.45) is 52.3 Å². The molecular formula is C34H60O3. The van der Waals surface area contributed by atoms with Crippen LogP contribution in [0.4, 0.5) is 0 Å². The molecule has 0 bridgehead atoms. The van der Waals surface area contributed by atoms with Crippen molar-refractivity contribution in [3.8, 4) is 0 Å². The van der Waals surface area contributed by atoms with Crippen LogP contribution in [0.3, 0.4) is 0 Å². The Hall–Kier alpha value is -0.120. The zero-order chi connectivity index (χ0) is 26.9. The van der Waals surface area contributed by atoms with Crippen molar-refractivity contribution >= 4 is 0 Å². The molecule has 37 heavy (non-hydrogen) atoms. The molecule has 9 atom stereocenters. The van der Waals surface area contributed by atoms with Crippen LogP contribution < -0.4 is 0 Å². The van der Waals surface area contributed by atoms with Crippen molar-refractivity contribution in [2.75, 3.05) is 0 Å². The lowest BCUT2D eigenvalue weighted by Gasteiger charge is -2.63. The number of aliphatic hydroxyl groups is 3. The highest BCUT2D eigenvalue weighted by Gasteiger charge is 2.62. The summed E-state index contributed by atoms with van der Waals surface area (Å²) >= 11 is 0. The van der Waals surface area contributed by atoms with Crippen molar-refractivity contribution in [1.82, 2.24) is 0 Å². The monoisotopic (exact) mass is 516 g/mol. The summed E-state index contributed by atoms with van der Waals surface area (Å²) in [5, 5.41) is 33.4. The number of rotatable bonds is 6. The van der Waals surface area contributed by atoms with Gasteiger partial charge in [-0.25, -0.2) is 0 Å². The molecule has 5 saturated carbocycles. The van der Waals surface area contributed by atoms with Crippen LogP contribution in [0, 0.1) is 52.3 Å². The summed E-state index contributed by atoms with van der Waals surface area (Å²) < 4.78 is 0. The Bertz CT molecular complexity index is 808. The van der Waals surface area contributed by atoms with Crippen LogP contribution in [0.5, 0.6) is 0 Å². The standard InChI is InChI=1S/C34H60O3/c1-7-24-13-18-33(36,19-14-24)17-12-23(2)27-10-11-28-26-9-8-25-22-34(37,30(3,4)35)21-20-31(25,5)29(26)15-16-32(27,28)6/h23-29,35-37H,7-22H2,1-6H3/t23-,24?,25+,26+,27-,28+,29+,31+,32-,33?,34+/m1/s1. The topological polar surface area (TPSA) is 60.7 Å². The van der Waals surface area contributed by atoms with Gasteiger partial charge in [-0.15, -0.1) is 0 Å². The van der Waals surface area contributed by atoms with E-state index in [-0.39, 0.29) is 0 Å². The summed E-state index contributed by atoms with van der Waals surface area (Å²) in [4.78, 5) is 0. The third kappa shape index (κ3) is 4.77. The van der Waals surface area contributed by atoms with Crippen LogP contribution >= 0.6 is 0 Å². The molecule has 3 N–H and O–H groups in total. The van der Waals surface area contributed by atoms with Gasteiger partial charge in [-0.1, -0.05) is 34.1 Å². The van der Waals surface area contributed by atoms with E-state index in [1.165, 1.54) is 64.2 Å². The van der Waals surface area contributed by atoms with E-state index in [1.54, 1.807) is 0 Å². The molecule has 0 aromatic heterocycles. The van der Waals surface area contributed by atoms with E-state index in [2.05, 4.69) is 27.7 Å². The molecule has 0 unspecified atom stereocenters. The predicted molar refractivity (Wildman–Crippen MR) is 152 cm³/mol. The van der Waals surface area contributed by atoms with Gasteiger partial charge in [0.1, 0.15) is 0 Å². The number of hydrogen-bond donors (Lipinski definition) is 3. The molecule has 5 rings (SSSR count). The van der Waals surface area contributed by atoms with Gasteiger partial charge in [-0.3, -0.25) is 0 Å². The molecule has 0 saturated heterocycles. The minimum Gasteiger partial charge on any atom is -0.390 e. The first-order valence-electron chi connectivity index (χ1n) is 16.4. The van der Waals surface area contributed by atoms with E-state index < -0.39 is 16.8 Å². The molecule has 0 radical (unpaired) electrons. The molecule has 0 aromatic rings. The Morgan fingerprint density at radius 1 is 0.811 bits per heavy atom. The molecule has 0 aromatic carbocycles. The zero-order valence-corrected chi connectivity index (χ0v) is 25.2. The fourth-order valence-electron chi connectivity index (χ4n) is 11.3. The number of hydrogen-bond acceptors (Lipinski definition) is 3. The van der Waals surface area contributed by atoms with Crippen molar-refractivity contribution in [3.05, 3.63) is 0 Å². The van der Waals surface area contributed by atoms with Crippen molar-refractivity contribution in [2.45, 2.75) is 161 Å². The summed E-state index contributed by atoms with van der Waals surface area (Å²) in [6.45, 7) is 13.7. The number of fused-ring (bicyclic) bond motifs is 5. The van der Waals surface area contributed by atoms with E-state index in [0.717, 1.165) is 68.1 Å². The SMILES string of the molecule is CCC1CCC(O)(CC[C@@H](C)[C@H]2CC[C@H]3[C@@H]4CC[C@H]5C[C@](O)(C(C)(C)O)CC[C@]5(C)[C@H]4CC[C@]23C)CC1. The van der Waals surface area contributed by atoms with Gasteiger partial charge < -0.3 is 15.3 Å². The van der Waals surface area contributed by atoms with Gasteiger partial charge in [0.15, 0.2) is 0 Å². The van der Waals surface area contributed by atoms with Gasteiger partial charge in [-0.2, -0.15) is 0 Å². The average molecular weight is 517 g/mol. The molecule has 214 valence electrons. The van der Waals surface area contributed by atoms with Crippen molar-refractivity contribution in [1.29, 1.82) is 0 Å². The van der Waals surface area contributed by atoms with E-state index in [0.29, 0.717) is 22.7 Å². The van der Waals surface area contributed by atoms with Gasteiger partial charge in [0, 0.05) is 0 Å². The van der Waals surface area contributed by atoms with Crippen molar-refractivity contribution in [3.63, 3.8) is 0 Å². The van der Waals surface area contributed by atoms with Crippen LogP contribution in [0.25, 0.3) is 0 Å². The molecule has 5 fully saturated rings. The van der Waals surface area contributed by atoms with Gasteiger partial charge in [0.2, 0.25) is 0 Å². The normalized spacial score (nSPS) is 51.2. The van der Waals surface area contributed by atoms with Crippen molar-refractivity contribution < 1.29 is 15.3 Å². The molecule has 0 heterocycles. The third-order valence-electron chi connectivity index (χ3n) is 14.3. The second-order valence-corrected chi connectivity index (χ2v) is 16.3. The van der Waals surface area contributed by atoms with Gasteiger partial charge in [0.25, 0.3) is 0 Å². The largest absolute Gasteiger partial charge is 0.390 e. The second-order valence-electron chi connectivity index (χ2n) is 16.3. The Kier molecular flexibility index (Phi) is 7.49. The first-order valence-corrected chi connectivity index (χ1v) is 16.4. The third-order valence-corrected chi connectivity index (χ3v) is 14.3. The molecule has 5 aliphatic carbocycles. The molecule has 0 amide bonds. The molecule has 0 aliphatic heterocycles. The molecule has 5 aliphatic rings. The highest BCUT2D eigenvalue weighted by molar-refractivity contribution is 5.12. The average Bonchev–Trinajstić information content (AvgIpc) is 3.20. The Labute approximate surface area is 228 Å². The molecule has 0 spiro atoms. The summed E-state index contributed by atoms with van der Waals surface area (Å²) in [7, 11) is 0. The Balaban J connectivity index is 1.24. The molecule has 3 heteroatoms. The van der Waals surface area contributed by atoms with Crippen LogP contribution in [-0.4, -0.2) is 32.1 Å². The van der Waals surface area contributed by atoms with Gasteiger partial charge in [-0.05, 0) is 162 Å². The van der Waals surface area contributed by atoms with Crippen LogP contribution in [-0.2, 0) is 0 Å². The summed E-state index contributed by atoms with van der Waals surface area (Å²) in [6, 6.07) is 0. The Morgan fingerprint density at radius 3 is 2.14 bits per heavy atom. The van der Waals surface area contributed by atoms with E-state index in [1.807, 2.05) is 13.8 Å². The van der Waals surface area contributed by atoms with E-state index in [4.69, 9.17) is 0 Å². The second kappa shape index (κ2) is 9.76. The predicted octanol–water partition coefficient (Wildman–Crippen LogP) is 7.89. The van der Waals surface area contributed by atoms with E-state index >= 15 is 0 Å². The van der Waals surface area contributed by atoms with E-state index in [9.17, 15) is 15.3 Å². The van der Waals surface area contributed by atoms with Gasteiger partial charge >= 0.3 is 0 Å². The van der Waals surface area contributed by atoms with Crippen LogP contribution in [0.15, 0.2) is 0 Å². The minimum atomic E-state index is -1.02. The van der Waals surface area contributed by atoms with Gasteiger partial charge in [0.05, 0.1) is 16.8 Å². The molecular weight excluding hydrogens is 456 g/mol. The maximum absolute atomic E-state index is 11.4. The lowest BCUT2D eigenvalue weighted by molar-refractivity contribution is -0.204. The van der Waals surface area contributed by atoms with Crippen LogP contribution in [0.2, 0.25) is 0 Å². The fourth-order valence-corrected chi connectivity index (χ4v) is 11.3. The maximum Gasteiger partial charge on any atom is 0.0930 e. The summed E-state index contributed by atoms with van der Waals surface area (Å²) in [6.07, 6.45) is 18.6. The Morgan fingerprint density at radius 2 is 1.49 bits per heavy atom. The lowest BCUT2D eigenvalue weighted by atomic mass is 9.43. The quantitative estimate of drug-likeness (QED) is 0.336. The first kappa shape index (κ1) is 28.4. The molecule has 3 nitrogen and oxygen atoms in total. The smallest absolute Gasteiger partial charge is 0.0930 e. The first-order chi connectivity index (χ1) is 17.2. The summed E-state index contributed by atoms with van der Waals surface area (Å²) in [5.74, 6) is 5.40.